The summed E-state index contributed by atoms with van der Waals surface area (Å²) >= 11 is 0. The quantitative estimate of drug-likeness (QED) is 0.533. The summed E-state index contributed by atoms with van der Waals surface area (Å²) in [7, 11) is 1.88. The molecule has 0 saturated heterocycles. The Kier molecular flexibility index (Phi) is 1.76. The van der Waals surface area contributed by atoms with E-state index in [4.69, 9.17) is 0 Å². The highest BCUT2D eigenvalue weighted by Gasteiger charge is 2.02. The van der Waals surface area contributed by atoms with Crippen LogP contribution in [-0.4, -0.2) is 18.2 Å². The number of aldehydes is 1. The van der Waals surface area contributed by atoms with Crippen molar-refractivity contribution in [3.8, 4) is 0 Å². The van der Waals surface area contributed by atoms with Gasteiger partial charge in [-0.05, 0) is 6.92 Å². The van der Waals surface area contributed by atoms with Crippen molar-refractivity contribution in [1.29, 1.82) is 0 Å². The minimum atomic E-state index is 0.600. The van der Waals surface area contributed by atoms with Crippen molar-refractivity contribution in [3.63, 3.8) is 0 Å². The van der Waals surface area contributed by atoms with Crippen LogP contribution in [0.3, 0.4) is 0 Å². The van der Waals surface area contributed by atoms with Gasteiger partial charge >= 0.3 is 0 Å². The number of carbonyl (C=O) groups excluding carboxylic acids is 1. The van der Waals surface area contributed by atoms with Crippen molar-refractivity contribution in [1.82, 2.24) is 10.2 Å². The number of rotatable bonds is 1. The normalized spacial score (nSPS) is 17.2. The third-order valence-corrected chi connectivity index (χ3v) is 1.21. The number of carbonyl (C=O) groups is 1. The first kappa shape index (κ1) is 6.86. The molecule has 0 fully saturated rings. The molecule has 3 heteroatoms. The summed E-state index contributed by atoms with van der Waals surface area (Å²) in [4.78, 5) is 12.1. The van der Waals surface area contributed by atoms with Crippen LogP contribution in [-0.2, 0) is 4.79 Å². The molecule has 54 valence electrons. The van der Waals surface area contributed by atoms with Crippen molar-refractivity contribution in [3.05, 3.63) is 23.8 Å². The largest absolute Gasteiger partial charge is 0.354 e. The molecule has 0 amide bonds. The molecule has 0 aromatic heterocycles. The van der Waals surface area contributed by atoms with Crippen molar-refractivity contribution < 1.29 is 4.79 Å². The average molecular weight is 138 g/mol. The van der Waals surface area contributed by atoms with Crippen molar-refractivity contribution in [2.24, 2.45) is 0 Å². The first-order chi connectivity index (χ1) is 4.72. The molecule has 0 aliphatic carbocycles. The molecule has 1 aliphatic heterocycles. The van der Waals surface area contributed by atoms with Gasteiger partial charge in [-0.3, -0.25) is 4.79 Å². The summed E-state index contributed by atoms with van der Waals surface area (Å²) in [5.41, 5.74) is 1.58. The highest BCUT2D eigenvalue weighted by molar-refractivity contribution is 5.73. The van der Waals surface area contributed by atoms with E-state index < -0.39 is 0 Å². The van der Waals surface area contributed by atoms with Gasteiger partial charge < -0.3 is 10.2 Å². The highest BCUT2D eigenvalue weighted by atomic mass is 16.1. The van der Waals surface area contributed by atoms with E-state index in [0.29, 0.717) is 5.70 Å². The molecule has 0 aromatic rings. The lowest BCUT2D eigenvalue weighted by molar-refractivity contribution is -0.105. The van der Waals surface area contributed by atoms with E-state index in [1.807, 2.05) is 25.1 Å². The molecule has 10 heavy (non-hydrogen) atoms. The third-order valence-electron chi connectivity index (χ3n) is 1.21. The van der Waals surface area contributed by atoms with E-state index in [9.17, 15) is 4.79 Å². The van der Waals surface area contributed by atoms with Crippen LogP contribution >= 0.6 is 0 Å². The summed E-state index contributed by atoms with van der Waals surface area (Å²) in [5.74, 6) is 0. The van der Waals surface area contributed by atoms with E-state index >= 15 is 0 Å². The fourth-order valence-corrected chi connectivity index (χ4v) is 0.914. The van der Waals surface area contributed by atoms with Crippen LogP contribution in [0.5, 0.6) is 0 Å². The minimum Gasteiger partial charge on any atom is -0.354 e. The molecule has 0 bridgehead atoms. The highest BCUT2D eigenvalue weighted by Crippen LogP contribution is 2.02. The lowest BCUT2D eigenvalue weighted by Gasteiger charge is -2.18. The Bertz CT molecular complexity index is 206. The molecule has 3 nitrogen and oxygen atoms in total. The van der Waals surface area contributed by atoms with Crippen molar-refractivity contribution >= 4 is 6.29 Å². The van der Waals surface area contributed by atoms with Crippen molar-refractivity contribution in [2.75, 3.05) is 7.05 Å². The lowest BCUT2D eigenvalue weighted by Crippen LogP contribution is -2.21. The second-order valence-corrected chi connectivity index (χ2v) is 2.30. The van der Waals surface area contributed by atoms with Gasteiger partial charge in [0.05, 0.1) is 5.70 Å². The summed E-state index contributed by atoms with van der Waals surface area (Å²) in [5, 5.41) is 2.91. The first-order valence-electron chi connectivity index (χ1n) is 3.07. The SMILES string of the molecule is CC1=CN(C)C=C(C=O)N1. The number of hydrogen-bond acceptors (Lipinski definition) is 3. The molecule has 0 aromatic carbocycles. The number of hydrogen-bond donors (Lipinski definition) is 1. The smallest absolute Gasteiger partial charge is 0.167 e. The molecular weight excluding hydrogens is 128 g/mol. The van der Waals surface area contributed by atoms with Gasteiger partial charge in [-0.15, -0.1) is 0 Å². The van der Waals surface area contributed by atoms with Crippen LogP contribution in [0.2, 0.25) is 0 Å². The molecule has 1 aliphatic rings. The van der Waals surface area contributed by atoms with Gasteiger partial charge in [0.15, 0.2) is 6.29 Å². The molecule has 0 atom stereocenters. The van der Waals surface area contributed by atoms with Gasteiger partial charge in [-0.2, -0.15) is 0 Å². The molecular formula is C7H10N2O. The van der Waals surface area contributed by atoms with Crippen LogP contribution in [0, 0.1) is 0 Å². The predicted octanol–water partition coefficient (Wildman–Crippen LogP) is 0.423. The van der Waals surface area contributed by atoms with E-state index in [1.165, 1.54) is 0 Å². The fraction of sp³-hybridized carbons (Fsp3) is 0.286. The minimum absolute atomic E-state index is 0.600. The second kappa shape index (κ2) is 2.56. The standard InChI is InChI=1S/C7H10N2O/c1-6-3-9(2)4-7(5-10)8-6/h3-5,8H,1-2H3. The van der Waals surface area contributed by atoms with Gasteiger partial charge in [0.2, 0.25) is 0 Å². The molecule has 0 radical (unpaired) electrons. The van der Waals surface area contributed by atoms with Gasteiger partial charge in [0, 0.05) is 25.1 Å². The van der Waals surface area contributed by atoms with E-state index in [0.717, 1.165) is 12.0 Å². The molecule has 0 spiro atoms. The number of allylic oxidation sites excluding steroid dienone is 2. The summed E-state index contributed by atoms with van der Waals surface area (Å²) in [6.07, 6.45) is 4.44. The zero-order valence-corrected chi connectivity index (χ0v) is 6.09. The lowest BCUT2D eigenvalue weighted by atomic mass is 10.4. The second-order valence-electron chi connectivity index (χ2n) is 2.30. The van der Waals surface area contributed by atoms with Gasteiger partial charge in [0.25, 0.3) is 0 Å². The molecule has 1 heterocycles. The van der Waals surface area contributed by atoms with Crippen LogP contribution in [0.4, 0.5) is 0 Å². The maximum absolute atomic E-state index is 10.3. The molecule has 1 rings (SSSR count). The van der Waals surface area contributed by atoms with Crippen LogP contribution in [0.25, 0.3) is 0 Å². The van der Waals surface area contributed by atoms with E-state index in [2.05, 4.69) is 5.32 Å². The molecule has 0 unspecified atom stereocenters. The Morgan fingerprint density at radius 3 is 2.80 bits per heavy atom. The molecule has 1 N–H and O–H groups in total. The Morgan fingerprint density at radius 2 is 2.30 bits per heavy atom. The van der Waals surface area contributed by atoms with Gasteiger partial charge in [-0.25, -0.2) is 0 Å². The average Bonchev–Trinajstić information content (AvgIpc) is 1.85. The van der Waals surface area contributed by atoms with Gasteiger partial charge in [0.1, 0.15) is 0 Å². The fourth-order valence-electron chi connectivity index (χ4n) is 0.914. The van der Waals surface area contributed by atoms with Crippen LogP contribution in [0.15, 0.2) is 23.8 Å². The predicted molar refractivity (Wildman–Crippen MR) is 38.8 cm³/mol. The number of nitrogens with one attached hydrogen (secondary N) is 1. The maximum Gasteiger partial charge on any atom is 0.167 e. The number of nitrogens with zero attached hydrogens (tertiary/aromatic N) is 1. The summed E-state index contributed by atoms with van der Waals surface area (Å²) < 4.78 is 0. The third kappa shape index (κ3) is 1.37. The zero-order chi connectivity index (χ0) is 7.56. The Hall–Kier alpha value is -1.25. The molecule has 0 saturated carbocycles. The van der Waals surface area contributed by atoms with Crippen LogP contribution in [0.1, 0.15) is 6.92 Å². The van der Waals surface area contributed by atoms with E-state index in [1.54, 1.807) is 6.20 Å². The zero-order valence-electron chi connectivity index (χ0n) is 6.09. The van der Waals surface area contributed by atoms with Crippen LogP contribution < -0.4 is 5.32 Å². The Labute approximate surface area is 60.0 Å². The Balaban J connectivity index is 2.74. The first-order valence-corrected chi connectivity index (χ1v) is 3.07. The van der Waals surface area contributed by atoms with Crippen molar-refractivity contribution in [2.45, 2.75) is 6.92 Å². The monoisotopic (exact) mass is 138 g/mol. The van der Waals surface area contributed by atoms with Gasteiger partial charge in [-0.1, -0.05) is 0 Å². The van der Waals surface area contributed by atoms with E-state index in [-0.39, 0.29) is 0 Å². The summed E-state index contributed by atoms with van der Waals surface area (Å²) in [6, 6.07) is 0. The summed E-state index contributed by atoms with van der Waals surface area (Å²) in [6.45, 7) is 1.91. The topological polar surface area (TPSA) is 32.3 Å². The Morgan fingerprint density at radius 1 is 1.60 bits per heavy atom. The maximum atomic E-state index is 10.3.